The molecule has 0 aliphatic carbocycles. The zero-order valence-electron chi connectivity index (χ0n) is 10.7. The number of benzene rings is 2. The van der Waals surface area contributed by atoms with Crippen molar-refractivity contribution in [2.45, 2.75) is 4.90 Å². The lowest BCUT2D eigenvalue weighted by molar-refractivity contribution is 0.0697. The van der Waals surface area contributed by atoms with Crippen molar-refractivity contribution in [3.63, 3.8) is 0 Å². The van der Waals surface area contributed by atoms with E-state index in [2.05, 4.69) is 4.72 Å². The van der Waals surface area contributed by atoms with Gasteiger partial charge >= 0.3 is 5.97 Å². The smallest absolute Gasteiger partial charge is 0.337 e. The molecule has 116 valence electrons. The van der Waals surface area contributed by atoms with Crippen molar-refractivity contribution >= 4 is 44.9 Å². The number of carboxylic acids is 1. The third kappa shape index (κ3) is 3.49. The molecular weight excluding hydrogens is 356 g/mol. The lowest BCUT2D eigenvalue weighted by atomic mass is 10.2. The van der Waals surface area contributed by atoms with Crippen LogP contribution in [0.1, 0.15) is 10.4 Å². The number of hydrogen-bond donors (Lipinski definition) is 2. The second-order valence-corrected chi connectivity index (χ2v) is 6.68. The molecule has 0 amide bonds. The zero-order valence-corrected chi connectivity index (χ0v) is 13.0. The molecule has 2 N–H and O–H groups in total. The molecule has 0 heterocycles. The molecule has 5 nitrogen and oxygen atoms in total. The van der Waals surface area contributed by atoms with E-state index < -0.39 is 21.8 Å². The predicted octanol–water partition coefficient (Wildman–Crippen LogP) is 3.63. The van der Waals surface area contributed by atoms with Gasteiger partial charge in [-0.15, -0.1) is 0 Å². The van der Waals surface area contributed by atoms with Crippen LogP contribution in [0.3, 0.4) is 0 Å². The van der Waals surface area contributed by atoms with Crippen LogP contribution in [0.2, 0.25) is 10.0 Å². The van der Waals surface area contributed by atoms with Gasteiger partial charge in [0.25, 0.3) is 10.0 Å². The lowest BCUT2D eigenvalue weighted by Crippen LogP contribution is -2.13. The number of aromatic carboxylic acids is 1. The predicted molar refractivity (Wildman–Crippen MR) is 80.6 cm³/mol. The van der Waals surface area contributed by atoms with Crippen molar-refractivity contribution in [2.24, 2.45) is 0 Å². The summed E-state index contributed by atoms with van der Waals surface area (Å²) >= 11 is 11.2. The topological polar surface area (TPSA) is 83.5 Å². The van der Waals surface area contributed by atoms with Crippen LogP contribution in [-0.2, 0) is 10.0 Å². The molecule has 2 aromatic rings. The molecule has 0 bridgehead atoms. The summed E-state index contributed by atoms with van der Waals surface area (Å²) in [7, 11) is -4.05. The number of anilines is 1. The Kier molecular flexibility index (Phi) is 4.60. The first-order valence-electron chi connectivity index (χ1n) is 5.71. The molecule has 9 heteroatoms. The van der Waals surface area contributed by atoms with E-state index in [1.807, 2.05) is 0 Å². The minimum atomic E-state index is -4.05. The van der Waals surface area contributed by atoms with Crippen molar-refractivity contribution in [1.29, 1.82) is 0 Å². The molecule has 0 saturated carbocycles. The molecule has 2 aromatic carbocycles. The number of halogens is 3. The fourth-order valence-electron chi connectivity index (χ4n) is 1.61. The summed E-state index contributed by atoms with van der Waals surface area (Å²) in [4.78, 5) is 10.6. The van der Waals surface area contributed by atoms with Gasteiger partial charge in [-0.1, -0.05) is 23.2 Å². The minimum Gasteiger partial charge on any atom is -0.478 e. The highest BCUT2D eigenvalue weighted by atomic mass is 35.5. The number of sulfonamides is 1. The summed E-state index contributed by atoms with van der Waals surface area (Å²) in [6, 6.07) is 6.57. The van der Waals surface area contributed by atoms with Crippen molar-refractivity contribution in [3.05, 3.63) is 57.8 Å². The summed E-state index contributed by atoms with van der Waals surface area (Å²) in [5.41, 5.74) is -0.251. The minimum absolute atomic E-state index is 0.0275. The highest BCUT2D eigenvalue weighted by Gasteiger charge is 2.18. The quantitative estimate of drug-likeness (QED) is 0.868. The van der Waals surface area contributed by atoms with Gasteiger partial charge in [0, 0.05) is 0 Å². The van der Waals surface area contributed by atoms with Crippen LogP contribution in [0, 0.1) is 5.82 Å². The van der Waals surface area contributed by atoms with Gasteiger partial charge in [-0.05, 0) is 36.4 Å². The highest BCUT2D eigenvalue weighted by Crippen LogP contribution is 2.24. The maximum absolute atomic E-state index is 13.3. The van der Waals surface area contributed by atoms with Gasteiger partial charge in [0.1, 0.15) is 5.82 Å². The normalized spacial score (nSPS) is 11.2. The Balaban J connectivity index is 2.36. The van der Waals surface area contributed by atoms with Crippen LogP contribution < -0.4 is 4.72 Å². The number of carbonyl (C=O) groups is 1. The number of hydrogen-bond acceptors (Lipinski definition) is 3. The summed E-state index contributed by atoms with van der Waals surface area (Å²) in [5, 5.41) is 8.48. The Labute approximate surface area is 135 Å². The highest BCUT2D eigenvalue weighted by molar-refractivity contribution is 7.92. The van der Waals surface area contributed by atoms with Crippen molar-refractivity contribution in [2.75, 3.05) is 4.72 Å². The van der Waals surface area contributed by atoms with E-state index in [4.69, 9.17) is 28.3 Å². The van der Waals surface area contributed by atoms with E-state index in [9.17, 15) is 17.6 Å². The largest absolute Gasteiger partial charge is 0.478 e. The Morgan fingerprint density at radius 2 is 1.77 bits per heavy atom. The first kappa shape index (κ1) is 16.5. The molecule has 22 heavy (non-hydrogen) atoms. The molecule has 0 aromatic heterocycles. The molecule has 0 spiro atoms. The number of nitrogens with one attached hydrogen (secondary N) is 1. The van der Waals surface area contributed by atoms with Crippen LogP contribution >= 0.6 is 23.2 Å². The summed E-state index contributed by atoms with van der Waals surface area (Å²) in [5.74, 6) is -2.05. The average molecular weight is 364 g/mol. The second kappa shape index (κ2) is 6.12. The molecule has 0 fully saturated rings. The number of carboxylic acid groups (broad SMARTS) is 1. The molecule has 0 atom stereocenters. The van der Waals surface area contributed by atoms with Gasteiger partial charge in [0.05, 0.1) is 26.2 Å². The molecule has 0 radical (unpaired) electrons. The van der Waals surface area contributed by atoms with Crippen molar-refractivity contribution in [3.8, 4) is 0 Å². The third-order valence-electron chi connectivity index (χ3n) is 2.65. The van der Waals surface area contributed by atoms with Gasteiger partial charge in [0.15, 0.2) is 0 Å². The fraction of sp³-hybridized carbons (Fsp3) is 0. The first-order chi connectivity index (χ1) is 10.2. The Bertz CT molecular complexity index is 855. The maximum atomic E-state index is 13.3. The monoisotopic (exact) mass is 363 g/mol. The average Bonchev–Trinajstić information content (AvgIpc) is 2.42. The lowest BCUT2D eigenvalue weighted by Gasteiger charge is -2.09. The van der Waals surface area contributed by atoms with Crippen molar-refractivity contribution in [1.82, 2.24) is 0 Å². The van der Waals surface area contributed by atoms with Crippen LogP contribution in [0.4, 0.5) is 10.1 Å². The van der Waals surface area contributed by atoms with E-state index in [0.29, 0.717) is 0 Å². The van der Waals surface area contributed by atoms with Crippen LogP contribution in [0.15, 0.2) is 41.3 Å². The van der Waals surface area contributed by atoms with Gasteiger partial charge in [0.2, 0.25) is 0 Å². The standard InChI is InChI=1S/C13H8Cl2FNO4S/c14-10-4-1-7(5-12(10)16)17-22(20,21)8-2-3-9(13(18)19)11(15)6-8/h1-6,17H,(H,18,19). The third-order valence-corrected chi connectivity index (χ3v) is 4.65. The van der Waals surface area contributed by atoms with Gasteiger partial charge < -0.3 is 5.11 Å². The Morgan fingerprint density at radius 3 is 2.32 bits per heavy atom. The van der Waals surface area contributed by atoms with E-state index in [0.717, 1.165) is 24.3 Å². The van der Waals surface area contributed by atoms with Crippen molar-refractivity contribution < 1.29 is 22.7 Å². The summed E-state index contributed by atoms with van der Waals surface area (Å²) in [6.45, 7) is 0. The number of rotatable bonds is 4. The van der Waals surface area contributed by atoms with Crippen LogP contribution in [0.25, 0.3) is 0 Å². The van der Waals surface area contributed by atoms with Gasteiger partial charge in [-0.3, -0.25) is 4.72 Å². The van der Waals surface area contributed by atoms with E-state index >= 15 is 0 Å². The first-order valence-corrected chi connectivity index (χ1v) is 7.95. The molecule has 0 aliphatic rings. The van der Waals surface area contributed by atoms with Crippen LogP contribution in [0.5, 0.6) is 0 Å². The van der Waals surface area contributed by atoms with E-state index in [1.165, 1.54) is 12.1 Å². The Morgan fingerprint density at radius 1 is 1.09 bits per heavy atom. The fourth-order valence-corrected chi connectivity index (χ4v) is 3.13. The van der Waals surface area contributed by atoms with E-state index in [1.54, 1.807) is 0 Å². The molecule has 0 aliphatic heterocycles. The molecular formula is C13H8Cl2FNO4S. The molecule has 2 rings (SSSR count). The zero-order chi connectivity index (χ0) is 16.5. The molecule has 0 saturated heterocycles. The van der Waals surface area contributed by atoms with E-state index in [-0.39, 0.29) is 26.2 Å². The summed E-state index contributed by atoms with van der Waals surface area (Å²) < 4.78 is 39.8. The van der Waals surface area contributed by atoms with Gasteiger partial charge in [-0.2, -0.15) is 0 Å². The maximum Gasteiger partial charge on any atom is 0.337 e. The van der Waals surface area contributed by atoms with Gasteiger partial charge in [-0.25, -0.2) is 17.6 Å². The second-order valence-electron chi connectivity index (χ2n) is 4.18. The Hall–Kier alpha value is -1.83. The SMILES string of the molecule is O=C(O)c1ccc(S(=O)(=O)Nc2ccc(Cl)c(F)c2)cc1Cl. The summed E-state index contributed by atoms with van der Waals surface area (Å²) in [6.07, 6.45) is 0. The molecule has 0 unspecified atom stereocenters. The van der Waals surface area contributed by atoms with Crippen LogP contribution in [-0.4, -0.2) is 19.5 Å².